The van der Waals surface area contributed by atoms with E-state index < -0.39 is 6.04 Å². The molecule has 0 spiro atoms. The molecule has 0 unspecified atom stereocenters. The number of hydrogen-bond acceptors (Lipinski definition) is 3. The second-order valence-corrected chi connectivity index (χ2v) is 6.29. The maximum absolute atomic E-state index is 13.2. The summed E-state index contributed by atoms with van der Waals surface area (Å²) in [5, 5.41) is 2.59. The number of nitrogens with one attached hydrogen (secondary N) is 1. The van der Waals surface area contributed by atoms with Crippen molar-refractivity contribution in [1.82, 2.24) is 10.2 Å². The third-order valence-corrected chi connectivity index (χ3v) is 4.28. The molecule has 0 heterocycles. The number of carbonyl (C=O) groups excluding carboxylic acids is 2. The minimum Gasteiger partial charge on any atom is -0.484 e. The first kappa shape index (κ1) is 20.4. The largest absolute Gasteiger partial charge is 0.484 e. The Morgan fingerprint density at radius 3 is 2.30 bits per heavy atom. The van der Waals surface area contributed by atoms with E-state index in [0.29, 0.717) is 12.2 Å². The van der Waals surface area contributed by atoms with Gasteiger partial charge in [0.1, 0.15) is 17.6 Å². The molecule has 2 rings (SSSR count). The van der Waals surface area contributed by atoms with Gasteiger partial charge in [-0.15, -0.1) is 0 Å². The molecule has 144 valence electrons. The first-order chi connectivity index (χ1) is 12.9. The minimum atomic E-state index is -0.630. The zero-order chi connectivity index (χ0) is 19.8. The average Bonchev–Trinajstić information content (AvgIpc) is 2.68. The number of aryl methyl sites for hydroxylation is 1. The number of halogens is 1. The van der Waals surface area contributed by atoms with Gasteiger partial charge in [0.15, 0.2) is 6.61 Å². The Morgan fingerprint density at radius 2 is 1.74 bits per heavy atom. The Morgan fingerprint density at radius 1 is 1.11 bits per heavy atom. The van der Waals surface area contributed by atoms with E-state index in [1.54, 1.807) is 24.3 Å². The molecule has 6 heteroatoms. The van der Waals surface area contributed by atoms with E-state index in [1.807, 2.05) is 26.0 Å². The van der Waals surface area contributed by atoms with E-state index in [-0.39, 0.29) is 30.8 Å². The molecule has 0 bridgehead atoms. The van der Waals surface area contributed by atoms with Crippen molar-refractivity contribution in [2.75, 3.05) is 13.7 Å². The van der Waals surface area contributed by atoms with Crippen LogP contribution in [0.1, 0.15) is 24.5 Å². The van der Waals surface area contributed by atoms with E-state index in [2.05, 4.69) is 5.32 Å². The van der Waals surface area contributed by atoms with E-state index in [1.165, 1.54) is 24.1 Å². The molecule has 0 aliphatic rings. The number of benzene rings is 2. The Kier molecular flexibility index (Phi) is 7.34. The van der Waals surface area contributed by atoms with Gasteiger partial charge in [-0.2, -0.15) is 0 Å². The van der Waals surface area contributed by atoms with Crippen molar-refractivity contribution < 1.29 is 18.7 Å². The lowest BCUT2D eigenvalue weighted by Crippen LogP contribution is -2.49. The molecule has 1 N–H and O–H groups in total. The fraction of sp³-hybridized carbons (Fsp3) is 0.333. The SMILES string of the molecule is CC[C@H](C(=O)NC)N(Cc1ccc(F)cc1)C(=O)COc1ccc(C)cc1. The molecular formula is C21H25FN2O3. The molecule has 2 aromatic carbocycles. The predicted octanol–water partition coefficient (Wildman–Crippen LogP) is 3.07. The van der Waals surface area contributed by atoms with Gasteiger partial charge in [0, 0.05) is 13.6 Å². The molecule has 0 saturated heterocycles. The van der Waals surface area contributed by atoms with Gasteiger partial charge >= 0.3 is 0 Å². The molecule has 0 aliphatic heterocycles. The topological polar surface area (TPSA) is 58.6 Å². The molecular weight excluding hydrogens is 347 g/mol. The highest BCUT2D eigenvalue weighted by atomic mass is 19.1. The van der Waals surface area contributed by atoms with Gasteiger partial charge in [0.2, 0.25) is 5.91 Å². The van der Waals surface area contributed by atoms with Gasteiger partial charge in [-0.25, -0.2) is 4.39 Å². The van der Waals surface area contributed by atoms with Crippen LogP contribution in [0.15, 0.2) is 48.5 Å². The molecule has 1 atom stereocenters. The lowest BCUT2D eigenvalue weighted by molar-refractivity contribution is -0.142. The Hall–Kier alpha value is -2.89. The fourth-order valence-electron chi connectivity index (χ4n) is 2.74. The van der Waals surface area contributed by atoms with E-state index in [4.69, 9.17) is 4.74 Å². The summed E-state index contributed by atoms with van der Waals surface area (Å²) in [6, 6.07) is 12.6. The number of hydrogen-bond donors (Lipinski definition) is 1. The van der Waals surface area contributed by atoms with E-state index >= 15 is 0 Å². The van der Waals surface area contributed by atoms with Crippen molar-refractivity contribution in [3.8, 4) is 5.75 Å². The predicted molar refractivity (Wildman–Crippen MR) is 102 cm³/mol. The van der Waals surface area contributed by atoms with Crippen LogP contribution in [0.5, 0.6) is 5.75 Å². The van der Waals surface area contributed by atoms with Crippen molar-refractivity contribution in [2.24, 2.45) is 0 Å². The standard InChI is InChI=1S/C21H25FN2O3/c1-4-19(21(26)23-3)24(13-16-7-9-17(22)10-8-16)20(25)14-27-18-11-5-15(2)6-12-18/h5-12,19H,4,13-14H2,1-3H3,(H,23,26)/t19-/m1/s1. The number of nitrogens with zero attached hydrogens (tertiary/aromatic N) is 1. The summed E-state index contributed by atoms with van der Waals surface area (Å²) < 4.78 is 18.7. The van der Waals surface area contributed by atoms with Crippen molar-refractivity contribution >= 4 is 11.8 Å². The summed E-state index contributed by atoms with van der Waals surface area (Å²) in [5.41, 5.74) is 1.83. The summed E-state index contributed by atoms with van der Waals surface area (Å²) >= 11 is 0. The number of amides is 2. The zero-order valence-electron chi connectivity index (χ0n) is 15.9. The summed E-state index contributed by atoms with van der Waals surface area (Å²) in [5.74, 6) is -0.319. The summed E-state index contributed by atoms with van der Waals surface area (Å²) in [7, 11) is 1.54. The molecule has 0 aromatic heterocycles. The van der Waals surface area contributed by atoms with Crippen LogP contribution in [0.2, 0.25) is 0 Å². The second kappa shape index (κ2) is 9.71. The molecule has 0 fully saturated rings. The van der Waals surface area contributed by atoms with Gasteiger partial charge in [0.05, 0.1) is 0 Å². The van der Waals surface area contributed by atoms with Crippen LogP contribution in [0.3, 0.4) is 0 Å². The smallest absolute Gasteiger partial charge is 0.261 e. The molecule has 0 aliphatic carbocycles. The highest BCUT2D eigenvalue weighted by Crippen LogP contribution is 2.15. The normalized spacial score (nSPS) is 11.6. The Bertz CT molecular complexity index is 760. The molecule has 0 radical (unpaired) electrons. The number of ether oxygens (including phenoxy) is 1. The van der Waals surface area contributed by atoms with Crippen LogP contribution in [0.4, 0.5) is 4.39 Å². The summed E-state index contributed by atoms with van der Waals surface area (Å²) in [6.45, 7) is 3.82. The van der Waals surface area contributed by atoms with Gasteiger partial charge in [-0.05, 0) is 43.2 Å². The van der Waals surface area contributed by atoms with Crippen LogP contribution < -0.4 is 10.1 Å². The second-order valence-electron chi connectivity index (χ2n) is 6.29. The van der Waals surface area contributed by atoms with E-state index in [9.17, 15) is 14.0 Å². The maximum atomic E-state index is 13.2. The lowest BCUT2D eigenvalue weighted by Gasteiger charge is -2.30. The van der Waals surface area contributed by atoms with Crippen molar-refractivity contribution in [2.45, 2.75) is 32.9 Å². The highest BCUT2D eigenvalue weighted by Gasteiger charge is 2.28. The minimum absolute atomic E-state index is 0.183. The molecule has 5 nitrogen and oxygen atoms in total. The van der Waals surface area contributed by atoms with Crippen LogP contribution in [0, 0.1) is 12.7 Å². The zero-order valence-corrected chi connectivity index (χ0v) is 15.9. The number of carbonyl (C=O) groups is 2. The summed E-state index contributed by atoms with van der Waals surface area (Å²) in [6.07, 6.45) is 0.455. The van der Waals surface area contributed by atoms with Crippen molar-refractivity contribution in [3.05, 3.63) is 65.5 Å². The van der Waals surface area contributed by atoms with Gasteiger partial charge < -0.3 is 15.0 Å². The highest BCUT2D eigenvalue weighted by molar-refractivity contribution is 5.88. The number of likely N-dealkylation sites (N-methyl/N-ethyl adjacent to an activating group) is 1. The lowest BCUT2D eigenvalue weighted by atomic mass is 10.1. The molecule has 0 saturated carbocycles. The average molecular weight is 372 g/mol. The van der Waals surface area contributed by atoms with Crippen LogP contribution >= 0.6 is 0 Å². The third kappa shape index (κ3) is 5.81. The van der Waals surface area contributed by atoms with E-state index in [0.717, 1.165) is 11.1 Å². The monoisotopic (exact) mass is 372 g/mol. The maximum Gasteiger partial charge on any atom is 0.261 e. The quantitative estimate of drug-likeness (QED) is 0.775. The van der Waals surface area contributed by atoms with Crippen molar-refractivity contribution in [1.29, 1.82) is 0 Å². The molecule has 27 heavy (non-hydrogen) atoms. The fourth-order valence-corrected chi connectivity index (χ4v) is 2.74. The Labute approximate surface area is 159 Å². The summed E-state index contributed by atoms with van der Waals surface area (Å²) in [4.78, 5) is 26.5. The van der Waals surface area contributed by atoms with Crippen LogP contribution in [0.25, 0.3) is 0 Å². The Balaban J connectivity index is 2.15. The first-order valence-electron chi connectivity index (χ1n) is 8.89. The van der Waals surface area contributed by atoms with Crippen LogP contribution in [-0.4, -0.2) is 36.4 Å². The number of rotatable bonds is 8. The molecule has 2 aromatic rings. The van der Waals surface area contributed by atoms with Crippen LogP contribution in [-0.2, 0) is 16.1 Å². The van der Waals surface area contributed by atoms with Crippen molar-refractivity contribution in [3.63, 3.8) is 0 Å². The van der Waals surface area contributed by atoms with Gasteiger partial charge in [-0.1, -0.05) is 36.8 Å². The van der Waals surface area contributed by atoms with Gasteiger partial charge in [-0.3, -0.25) is 9.59 Å². The first-order valence-corrected chi connectivity index (χ1v) is 8.89. The van der Waals surface area contributed by atoms with Gasteiger partial charge in [0.25, 0.3) is 5.91 Å². The molecule has 2 amide bonds. The third-order valence-electron chi connectivity index (χ3n) is 4.28.